The minimum atomic E-state index is -0.355. The van der Waals surface area contributed by atoms with Crippen LogP contribution >= 0.6 is 11.8 Å². The SMILES string of the molecule is CSc1ccccc1-n1c(O)c(C(C)=O)c(C)cc1=O. The monoisotopic (exact) mass is 289 g/mol. The number of carbonyl (C=O) groups is 1. The highest BCUT2D eigenvalue weighted by atomic mass is 32.2. The highest BCUT2D eigenvalue weighted by Crippen LogP contribution is 2.28. The van der Waals surface area contributed by atoms with Crippen LogP contribution in [0.3, 0.4) is 0 Å². The Balaban J connectivity index is 2.85. The predicted octanol–water partition coefficient (Wildman–Crippen LogP) is 2.78. The van der Waals surface area contributed by atoms with E-state index in [9.17, 15) is 14.7 Å². The first-order chi connectivity index (χ1) is 9.47. The molecule has 0 bridgehead atoms. The quantitative estimate of drug-likeness (QED) is 0.697. The second kappa shape index (κ2) is 5.54. The average Bonchev–Trinajstić information content (AvgIpc) is 2.38. The van der Waals surface area contributed by atoms with Crippen molar-refractivity contribution in [3.05, 3.63) is 51.8 Å². The fourth-order valence-corrected chi connectivity index (χ4v) is 2.78. The number of pyridine rings is 1. The zero-order valence-corrected chi connectivity index (χ0v) is 12.3. The van der Waals surface area contributed by atoms with Crippen LogP contribution in [0.1, 0.15) is 22.8 Å². The highest BCUT2D eigenvalue weighted by molar-refractivity contribution is 7.98. The molecule has 0 spiro atoms. The summed E-state index contributed by atoms with van der Waals surface area (Å²) in [6.45, 7) is 3.01. The molecular weight excluding hydrogens is 274 g/mol. The lowest BCUT2D eigenvalue weighted by Crippen LogP contribution is -2.21. The number of carbonyl (C=O) groups excluding carboxylic acids is 1. The Labute approximate surface area is 121 Å². The van der Waals surface area contributed by atoms with Crippen LogP contribution in [0.4, 0.5) is 0 Å². The molecule has 4 nitrogen and oxygen atoms in total. The first-order valence-corrected chi connectivity index (χ1v) is 7.29. The van der Waals surface area contributed by atoms with Gasteiger partial charge >= 0.3 is 0 Å². The molecular formula is C15H15NO3S. The summed E-state index contributed by atoms with van der Waals surface area (Å²) in [5.74, 6) is -0.570. The molecule has 0 aliphatic rings. The topological polar surface area (TPSA) is 59.3 Å². The van der Waals surface area contributed by atoms with Crippen LogP contribution in [0.25, 0.3) is 5.69 Å². The number of aryl methyl sites for hydroxylation is 1. The first kappa shape index (κ1) is 14.4. The van der Waals surface area contributed by atoms with Gasteiger partial charge in [-0.2, -0.15) is 0 Å². The zero-order chi connectivity index (χ0) is 14.9. The Bertz CT molecular complexity index is 734. The van der Waals surface area contributed by atoms with E-state index in [0.29, 0.717) is 11.3 Å². The number of rotatable bonds is 3. The van der Waals surface area contributed by atoms with Crippen molar-refractivity contribution in [3.63, 3.8) is 0 Å². The van der Waals surface area contributed by atoms with E-state index in [-0.39, 0.29) is 22.8 Å². The molecule has 1 aromatic carbocycles. The van der Waals surface area contributed by atoms with Crippen LogP contribution in [0, 0.1) is 6.92 Å². The molecule has 1 N–H and O–H groups in total. The maximum absolute atomic E-state index is 12.2. The Hall–Kier alpha value is -2.01. The summed E-state index contributed by atoms with van der Waals surface area (Å²) in [6, 6.07) is 8.62. The first-order valence-electron chi connectivity index (χ1n) is 6.07. The fraction of sp³-hybridized carbons (Fsp3) is 0.200. The number of benzene rings is 1. The van der Waals surface area contributed by atoms with E-state index in [4.69, 9.17) is 0 Å². The van der Waals surface area contributed by atoms with E-state index in [1.165, 1.54) is 29.3 Å². The molecule has 5 heteroatoms. The fourth-order valence-electron chi connectivity index (χ4n) is 2.20. The molecule has 2 rings (SSSR count). The average molecular weight is 289 g/mol. The molecule has 0 unspecified atom stereocenters. The van der Waals surface area contributed by atoms with Crippen molar-refractivity contribution in [2.45, 2.75) is 18.7 Å². The Morgan fingerprint density at radius 3 is 2.55 bits per heavy atom. The van der Waals surface area contributed by atoms with Gasteiger partial charge in [0, 0.05) is 11.0 Å². The Morgan fingerprint density at radius 2 is 1.95 bits per heavy atom. The number of Topliss-reactive ketones (excluding diaryl/α,β-unsaturated/α-hetero) is 1. The summed E-state index contributed by atoms with van der Waals surface area (Å²) < 4.78 is 1.18. The van der Waals surface area contributed by atoms with Crippen LogP contribution in [-0.4, -0.2) is 21.7 Å². The summed E-state index contributed by atoms with van der Waals surface area (Å²) in [5.41, 5.74) is 0.884. The summed E-state index contributed by atoms with van der Waals surface area (Å²) in [6.07, 6.45) is 1.89. The standard InChI is InChI=1S/C15H15NO3S/c1-9-8-13(18)16(15(19)14(9)10(2)17)11-6-4-5-7-12(11)20-3/h4-8,19H,1-3H3. The van der Waals surface area contributed by atoms with Crippen molar-refractivity contribution >= 4 is 17.5 Å². The number of aromatic nitrogens is 1. The van der Waals surface area contributed by atoms with Gasteiger partial charge in [-0.05, 0) is 37.8 Å². The van der Waals surface area contributed by atoms with Crippen LogP contribution in [-0.2, 0) is 0 Å². The molecule has 1 heterocycles. The largest absolute Gasteiger partial charge is 0.494 e. The van der Waals surface area contributed by atoms with Crippen molar-refractivity contribution in [1.82, 2.24) is 4.57 Å². The number of hydrogen-bond donors (Lipinski definition) is 1. The third-order valence-electron chi connectivity index (χ3n) is 3.07. The molecule has 20 heavy (non-hydrogen) atoms. The van der Waals surface area contributed by atoms with Crippen LogP contribution < -0.4 is 5.56 Å². The lowest BCUT2D eigenvalue weighted by molar-refractivity contribution is 0.101. The van der Waals surface area contributed by atoms with Gasteiger partial charge in [-0.25, -0.2) is 4.57 Å². The van der Waals surface area contributed by atoms with E-state index < -0.39 is 0 Å². The van der Waals surface area contributed by atoms with Gasteiger partial charge in [0.25, 0.3) is 5.56 Å². The van der Waals surface area contributed by atoms with Gasteiger partial charge in [-0.1, -0.05) is 12.1 Å². The van der Waals surface area contributed by atoms with E-state index in [2.05, 4.69) is 0 Å². The molecule has 0 radical (unpaired) electrons. The molecule has 0 aliphatic carbocycles. The van der Waals surface area contributed by atoms with Crippen molar-refractivity contribution in [2.75, 3.05) is 6.26 Å². The third-order valence-corrected chi connectivity index (χ3v) is 3.85. The van der Waals surface area contributed by atoms with Gasteiger partial charge in [-0.15, -0.1) is 11.8 Å². The molecule has 0 atom stereocenters. The number of ketones is 1. The van der Waals surface area contributed by atoms with Gasteiger partial charge < -0.3 is 5.11 Å². The maximum atomic E-state index is 12.2. The van der Waals surface area contributed by atoms with Crippen LogP contribution in [0.15, 0.2) is 40.0 Å². The van der Waals surface area contributed by atoms with Gasteiger partial charge in [0.1, 0.15) is 0 Å². The second-order valence-corrected chi connectivity index (χ2v) is 5.28. The van der Waals surface area contributed by atoms with Gasteiger partial charge in [0.15, 0.2) is 5.78 Å². The molecule has 104 valence electrons. The summed E-state index contributed by atoms with van der Waals surface area (Å²) >= 11 is 1.47. The highest BCUT2D eigenvalue weighted by Gasteiger charge is 2.18. The van der Waals surface area contributed by atoms with Gasteiger partial charge in [0.05, 0.1) is 11.3 Å². The van der Waals surface area contributed by atoms with Crippen molar-refractivity contribution in [2.24, 2.45) is 0 Å². The van der Waals surface area contributed by atoms with Crippen molar-refractivity contribution < 1.29 is 9.90 Å². The van der Waals surface area contributed by atoms with Gasteiger partial charge in [0.2, 0.25) is 5.88 Å². The summed E-state index contributed by atoms with van der Waals surface area (Å²) in [5, 5.41) is 10.3. The smallest absolute Gasteiger partial charge is 0.258 e. The molecule has 0 fully saturated rings. The van der Waals surface area contributed by atoms with E-state index in [0.717, 1.165) is 4.90 Å². The van der Waals surface area contributed by atoms with Gasteiger partial charge in [-0.3, -0.25) is 9.59 Å². The molecule has 2 aromatic rings. The minimum Gasteiger partial charge on any atom is -0.494 e. The molecule has 1 aromatic heterocycles. The van der Waals surface area contributed by atoms with E-state index >= 15 is 0 Å². The minimum absolute atomic E-state index is 0.181. The van der Waals surface area contributed by atoms with Crippen LogP contribution in [0.5, 0.6) is 5.88 Å². The normalized spacial score (nSPS) is 10.6. The predicted molar refractivity (Wildman–Crippen MR) is 80.2 cm³/mol. The van der Waals surface area contributed by atoms with Crippen molar-refractivity contribution in [3.8, 4) is 11.6 Å². The summed E-state index contributed by atoms with van der Waals surface area (Å²) in [7, 11) is 0. The lowest BCUT2D eigenvalue weighted by Gasteiger charge is -2.15. The zero-order valence-electron chi connectivity index (χ0n) is 11.5. The van der Waals surface area contributed by atoms with Crippen molar-refractivity contribution in [1.29, 1.82) is 0 Å². The number of para-hydroxylation sites is 1. The Morgan fingerprint density at radius 1 is 1.30 bits per heavy atom. The number of nitrogens with zero attached hydrogens (tertiary/aromatic N) is 1. The molecule has 0 saturated carbocycles. The molecule has 0 amide bonds. The number of hydrogen-bond acceptors (Lipinski definition) is 4. The number of thioether (sulfide) groups is 1. The summed E-state index contributed by atoms with van der Waals surface area (Å²) in [4.78, 5) is 24.7. The molecule has 0 aliphatic heterocycles. The lowest BCUT2D eigenvalue weighted by atomic mass is 10.1. The third kappa shape index (κ3) is 2.36. The maximum Gasteiger partial charge on any atom is 0.258 e. The number of aromatic hydroxyl groups is 1. The van der Waals surface area contributed by atoms with E-state index in [1.54, 1.807) is 19.1 Å². The second-order valence-electron chi connectivity index (χ2n) is 4.43. The van der Waals surface area contributed by atoms with E-state index in [1.807, 2.05) is 18.4 Å². The van der Waals surface area contributed by atoms with Crippen LogP contribution in [0.2, 0.25) is 0 Å². The Kier molecular flexibility index (Phi) is 3.99. The molecule has 0 saturated heterocycles.